The standard InChI is InChI=1S/C20H22F3N3O3S/c21-20(22,23)15-5-3-4-14(12-15)18-19(25-9-8-24-18)17-13-26(10-11-29-17)30(27,28)16-6-1-2-7-16/h3-5,8-9,12,16-17H,1-2,6-7,10-11,13H2/t17-/m1/s1. The van der Waals surface area contributed by atoms with Gasteiger partial charge in [0.1, 0.15) is 6.10 Å². The van der Waals surface area contributed by atoms with Crippen molar-refractivity contribution in [2.75, 3.05) is 19.7 Å². The van der Waals surface area contributed by atoms with Crippen molar-refractivity contribution >= 4 is 10.0 Å². The molecule has 0 radical (unpaired) electrons. The molecule has 10 heteroatoms. The van der Waals surface area contributed by atoms with Gasteiger partial charge in [-0.25, -0.2) is 8.42 Å². The summed E-state index contributed by atoms with van der Waals surface area (Å²) in [5.74, 6) is 0. The van der Waals surface area contributed by atoms with Gasteiger partial charge in [0.25, 0.3) is 0 Å². The largest absolute Gasteiger partial charge is 0.416 e. The molecule has 162 valence electrons. The number of sulfonamides is 1. The van der Waals surface area contributed by atoms with Crippen LogP contribution in [-0.4, -0.2) is 47.6 Å². The molecule has 0 spiro atoms. The lowest BCUT2D eigenvalue weighted by molar-refractivity contribution is -0.137. The van der Waals surface area contributed by atoms with Gasteiger partial charge in [-0.15, -0.1) is 0 Å². The van der Waals surface area contributed by atoms with Crippen LogP contribution in [0.4, 0.5) is 13.2 Å². The molecule has 2 aliphatic rings. The molecule has 1 aliphatic heterocycles. The van der Waals surface area contributed by atoms with E-state index in [1.165, 1.54) is 28.8 Å². The summed E-state index contributed by atoms with van der Waals surface area (Å²) in [6.45, 7) is 0.521. The minimum absolute atomic E-state index is 0.0729. The lowest BCUT2D eigenvalue weighted by Gasteiger charge is -2.34. The van der Waals surface area contributed by atoms with E-state index < -0.39 is 27.9 Å². The summed E-state index contributed by atoms with van der Waals surface area (Å²) < 4.78 is 72.6. The first kappa shape index (κ1) is 21.2. The van der Waals surface area contributed by atoms with Crippen LogP contribution in [0.5, 0.6) is 0 Å². The fourth-order valence-electron chi connectivity index (χ4n) is 4.07. The maximum absolute atomic E-state index is 13.1. The quantitative estimate of drug-likeness (QED) is 0.722. The minimum atomic E-state index is -4.48. The molecular weight excluding hydrogens is 419 g/mol. The molecule has 1 aromatic heterocycles. The van der Waals surface area contributed by atoms with E-state index in [0.29, 0.717) is 18.5 Å². The number of ether oxygens (including phenoxy) is 1. The molecule has 0 amide bonds. The molecule has 1 saturated carbocycles. The Balaban J connectivity index is 1.64. The molecule has 0 bridgehead atoms. The molecule has 2 aromatic rings. The second-order valence-corrected chi connectivity index (χ2v) is 9.75. The van der Waals surface area contributed by atoms with Crippen LogP contribution in [0.15, 0.2) is 36.7 Å². The molecule has 1 saturated heterocycles. The van der Waals surface area contributed by atoms with Gasteiger partial charge in [0.05, 0.1) is 28.8 Å². The maximum atomic E-state index is 13.1. The van der Waals surface area contributed by atoms with Crippen molar-refractivity contribution in [3.05, 3.63) is 47.9 Å². The molecule has 1 atom stereocenters. The Bertz CT molecular complexity index is 1010. The van der Waals surface area contributed by atoms with E-state index in [1.54, 1.807) is 0 Å². The Morgan fingerprint density at radius 1 is 1.10 bits per heavy atom. The normalized spacial score (nSPS) is 21.8. The van der Waals surface area contributed by atoms with E-state index in [0.717, 1.165) is 25.0 Å². The van der Waals surface area contributed by atoms with Crippen molar-refractivity contribution in [1.29, 1.82) is 0 Å². The van der Waals surface area contributed by atoms with Gasteiger partial charge >= 0.3 is 6.18 Å². The predicted octanol–water partition coefficient (Wildman–Crippen LogP) is 3.81. The van der Waals surface area contributed by atoms with E-state index in [9.17, 15) is 21.6 Å². The van der Waals surface area contributed by atoms with Gasteiger partial charge in [-0.05, 0) is 25.0 Å². The number of alkyl halides is 3. The topological polar surface area (TPSA) is 72.4 Å². The first-order chi connectivity index (χ1) is 14.3. The van der Waals surface area contributed by atoms with Crippen LogP contribution in [0, 0.1) is 0 Å². The predicted molar refractivity (Wildman–Crippen MR) is 104 cm³/mol. The number of nitrogens with zero attached hydrogens (tertiary/aromatic N) is 3. The van der Waals surface area contributed by atoms with Gasteiger partial charge in [-0.2, -0.15) is 17.5 Å². The Morgan fingerprint density at radius 2 is 1.83 bits per heavy atom. The second-order valence-electron chi connectivity index (χ2n) is 7.54. The van der Waals surface area contributed by atoms with E-state index in [-0.39, 0.29) is 36.2 Å². The summed E-state index contributed by atoms with van der Waals surface area (Å²) in [5, 5.41) is -0.374. The van der Waals surface area contributed by atoms with Gasteiger partial charge in [-0.3, -0.25) is 9.97 Å². The van der Waals surface area contributed by atoms with Gasteiger partial charge in [0.2, 0.25) is 10.0 Å². The third-order valence-electron chi connectivity index (χ3n) is 5.61. The zero-order chi connectivity index (χ0) is 21.4. The SMILES string of the molecule is O=S(=O)(C1CCCC1)N1CCO[C@@H](c2nccnc2-c2cccc(C(F)(F)F)c2)C1. The Hall–Kier alpha value is -2.04. The van der Waals surface area contributed by atoms with E-state index >= 15 is 0 Å². The van der Waals surface area contributed by atoms with Crippen LogP contribution < -0.4 is 0 Å². The van der Waals surface area contributed by atoms with Crippen molar-refractivity contribution in [2.45, 2.75) is 43.2 Å². The molecule has 2 heterocycles. The van der Waals surface area contributed by atoms with Gasteiger partial charge in [-0.1, -0.05) is 25.0 Å². The molecule has 1 aliphatic carbocycles. The number of halogens is 3. The van der Waals surface area contributed by atoms with E-state index in [4.69, 9.17) is 4.74 Å². The number of rotatable bonds is 4. The zero-order valence-corrected chi connectivity index (χ0v) is 17.0. The van der Waals surface area contributed by atoms with Crippen LogP contribution in [0.1, 0.15) is 43.0 Å². The Kier molecular flexibility index (Phi) is 5.82. The lowest BCUT2D eigenvalue weighted by Crippen LogP contribution is -2.46. The summed E-state index contributed by atoms with van der Waals surface area (Å²) in [6.07, 6.45) is 0.772. The summed E-state index contributed by atoms with van der Waals surface area (Å²) in [4.78, 5) is 8.53. The van der Waals surface area contributed by atoms with Crippen molar-refractivity contribution in [3.8, 4) is 11.3 Å². The fourth-order valence-corrected chi connectivity index (χ4v) is 6.09. The monoisotopic (exact) mass is 441 g/mol. The highest BCUT2D eigenvalue weighted by Crippen LogP contribution is 2.35. The summed E-state index contributed by atoms with van der Waals surface area (Å²) in [7, 11) is -3.45. The summed E-state index contributed by atoms with van der Waals surface area (Å²) in [5.41, 5.74) is 0.0655. The lowest BCUT2D eigenvalue weighted by atomic mass is 10.0. The molecular formula is C20H22F3N3O3S. The molecule has 30 heavy (non-hydrogen) atoms. The average molecular weight is 441 g/mol. The van der Waals surface area contributed by atoms with Crippen molar-refractivity contribution in [3.63, 3.8) is 0 Å². The van der Waals surface area contributed by atoms with E-state index in [1.807, 2.05) is 0 Å². The molecule has 0 N–H and O–H groups in total. The highest BCUT2D eigenvalue weighted by Gasteiger charge is 2.38. The number of benzene rings is 1. The summed E-state index contributed by atoms with van der Waals surface area (Å²) >= 11 is 0. The van der Waals surface area contributed by atoms with Crippen molar-refractivity contribution in [1.82, 2.24) is 14.3 Å². The maximum Gasteiger partial charge on any atom is 0.416 e. The number of hydrogen-bond donors (Lipinski definition) is 0. The van der Waals surface area contributed by atoms with Crippen LogP contribution >= 0.6 is 0 Å². The summed E-state index contributed by atoms with van der Waals surface area (Å²) in [6, 6.07) is 4.85. The fraction of sp³-hybridized carbons (Fsp3) is 0.500. The Labute approximate surface area is 173 Å². The average Bonchev–Trinajstić information content (AvgIpc) is 3.29. The minimum Gasteiger partial charge on any atom is -0.369 e. The number of hydrogen-bond acceptors (Lipinski definition) is 5. The van der Waals surface area contributed by atoms with Crippen molar-refractivity contribution in [2.24, 2.45) is 0 Å². The Morgan fingerprint density at radius 3 is 2.57 bits per heavy atom. The smallest absolute Gasteiger partial charge is 0.369 e. The first-order valence-electron chi connectivity index (χ1n) is 9.86. The molecule has 2 fully saturated rings. The number of aromatic nitrogens is 2. The first-order valence-corrected chi connectivity index (χ1v) is 11.4. The molecule has 0 unspecified atom stereocenters. The second kappa shape index (κ2) is 8.24. The van der Waals surface area contributed by atoms with Crippen LogP contribution in [0.2, 0.25) is 0 Å². The van der Waals surface area contributed by atoms with Gasteiger partial charge in [0.15, 0.2) is 0 Å². The highest BCUT2D eigenvalue weighted by atomic mass is 32.2. The third kappa shape index (κ3) is 4.21. The van der Waals surface area contributed by atoms with Crippen LogP contribution in [0.25, 0.3) is 11.3 Å². The van der Waals surface area contributed by atoms with Crippen LogP contribution in [0.3, 0.4) is 0 Å². The van der Waals surface area contributed by atoms with Gasteiger partial charge in [0, 0.05) is 31.0 Å². The zero-order valence-electron chi connectivity index (χ0n) is 16.2. The number of morpholine rings is 1. The van der Waals surface area contributed by atoms with Crippen LogP contribution in [-0.2, 0) is 20.9 Å². The third-order valence-corrected chi connectivity index (χ3v) is 7.97. The highest BCUT2D eigenvalue weighted by molar-refractivity contribution is 7.89. The molecule has 4 rings (SSSR count). The molecule has 6 nitrogen and oxygen atoms in total. The van der Waals surface area contributed by atoms with E-state index in [2.05, 4.69) is 9.97 Å². The van der Waals surface area contributed by atoms with Crippen molar-refractivity contribution < 1.29 is 26.3 Å². The van der Waals surface area contributed by atoms with Gasteiger partial charge < -0.3 is 4.74 Å². The molecule has 1 aromatic carbocycles.